The molecule has 1 rings (SSSR count). The summed E-state index contributed by atoms with van der Waals surface area (Å²) in [4.78, 5) is 3.17. The van der Waals surface area contributed by atoms with E-state index < -0.39 is 10.0 Å². The second-order valence-corrected chi connectivity index (χ2v) is 5.21. The molecule has 0 unspecified atom stereocenters. The Morgan fingerprint density at radius 2 is 2.38 bits per heavy atom. The lowest BCUT2D eigenvalue weighted by Gasteiger charge is -2.00. The highest BCUT2D eigenvalue weighted by Crippen LogP contribution is 2.27. The van der Waals surface area contributed by atoms with Crippen LogP contribution in [0.1, 0.15) is 6.92 Å². The smallest absolute Gasteiger partial charge is 0.233 e. The Morgan fingerprint density at radius 3 is 2.85 bits per heavy atom. The third-order valence-corrected chi connectivity index (χ3v) is 3.60. The van der Waals surface area contributed by atoms with Crippen molar-refractivity contribution in [3.63, 3.8) is 0 Å². The maximum absolute atomic E-state index is 11.1. The van der Waals surface area contributed by atoms with E-state index in [-0.39, 0.29) is 5.75 Å². The first kappa shape index (κ1) is 10.0. The quantitative estimate of drug-likeness (QED) is 0.786. The number of hydrogen-bond acceptors (Lipinski definition) is 3. The molecular weight excluding hydrogens is 208 g/mol. The van der Waals surface area contributed by atoms with Crippen LogP contribution in [0.5, 0.6) is 0 Å². The summed E-state index contributed by atoms with van der Waals surface area (Å²) in [6.45, 7) is 8.25. The van der Waals surface area contributed by atoms with E-state index in [0.29, 0.717) is 10.7 Å². The molecule has 1 N–H and O–H groups in total. The molecule has 0 amide bonds. The Kier molecular flexibility index (Phi) is 2.90. The lowest BCUT2D eigenvalue weighted by atomic mass is 10.5. The van der Waals surface area contributed by atoms with Crippen molar-refractivity contribution in [3.8, 4) is 0 Å². The molecule has 13 heavy (non-hydrogen) atoms. The summed E-state index contributed by atoms with van der Waals surface area (Å²) >= 11 is 1.21. The standard InChI is InChI=1S/C7H8N2O2S2/c1-3-13(10,11)9-7-4-6(8-2)5-12-7/h4-5,9H,3H2,1H3. The van der Waals surface area contributed by atoms with Crippen LogP contribution in [0, 0.1) is 6.57 Å². The van der Waals surface area contributed by atoms with Crippen LogP contribution in [0.3, 0.4) is 0 Å². The predicted octanol–water partition coefficient (Wildman–Crippen LogP) is 2.06. The number of nitrogens with zero attached hydrogens (tertiary/aromatic N) is 1. The minimum atomic E-state index is -3.21. The van der Waals surface area contributed by atoms with Crippen molar-refractivity contribution in [1.82, 2.24) is 0 Å². The maximum Gasteiger partial charge on any atom is 0.233 e. The highest BCUT2D eigenvalue weighted by atomic mass is 32.2. The highest BCUT2D eigenvalue weighted by molar-refractivity contribution is 7.92. The Morgan fingerprint density at radius 1 is 1.69 bits per heavy atom. The molecule has 0 atom stereocenters. The second-order valence-electron chi connectivity index (χ2n) is 2.29. The first-order chi connectivity index (χ1) is 6.07. The number of nitrogens with one attached hydrogen (secondary N) is 1. The SMILES string of the molecule is [C-]#[N+]c1csc(NS(=O)(=O)CC)c1. The molecule has 0 aliphatic rings. The van der Waals surface area contributed by atoms with E-state index in [1.165, 1.54) is 17.4 Å². The van der Waals surface area contributed by atoms with Crippen LogP contribution in [-0.4, -0.2) is 14.2 Å². The van der Waals surface area contributed by atoms with Crippen LogP contribution in [0.2, 0.25) is 0 Å². The molecule has 1 aromatic heterocycles. The van der Waals surface area contributed by atoms with E-state index in [0.717, 1.165) is 0 Å². The number of thiophene rings is 1. The predicted molar refractivity (Wildman–Crippen MR) is 53.7 cm³/mol. The molecule has 6 heteroatoms. The molecule has 70 valence electrons. The average Bonchev–Trinajstić information content (AvgIpc) is 2.52. The molecule has 0 aliphatic carbocycles. The van der Waals surface area contributed by atoms with Gasteiger partial charge in [0, 0.05) is 0 Å². The van der Waals surface area contributed by atoms with E-state index in [1.54, 1.807) is 12.3 Å². The van der Waals surface area contributed by atoms with Gasteiger partial charge in [-0.15, -0.1) is 11.3 Å². The van der Waals surface area contributed by atoms with Crippen molar-refractivity contribution in [1.29, 1.82) is 0 Å². The van der Waals surface area contributed by atoms with Gasteiger partial charge in [0.25, 0.3) is 0 Å². The molecular formula is C7H8N2O2S2. The van der Waals surface area contributed by atoms with Crippen molar-refractivity contribution in [3.05, 3.63) is 22.9 Å². The fourth-order valence-corrected chi connectivity index (χ4v) is 2.30. The molecule has 0 bridgehead atoms. The van der Waals surface area contributed by atoms with E-state index in [4.69, 9.17) is 6.57 Å². The number of rotatable bonds is 3. The van der Waals surface area contributed by atoms with Crippen molar-refractivity contribution in [2.24, 2.45) is 0 Å². The summed E-state index contributed by atoms with van der Waals surface area (Å²) in [5.74, 6) is 0.0399. The van der Waals surface area contributed by atoms with Crippen LogP contribution in [0.4, 0.5) is 10.7 Å². The monoisotopic (exact) mass is 216 g/mol. The highest BCUT2D eigenvalue weighted by Gasteiger charge is 2.07. The summed E-state index contributed by atoms with van der Waals surface area (Å²) in [7, 11) is -3.21. The molecule has 0 radical (unpaired) electrons. The van der Waals surface area contributed by atoms with Gasteiger partial charge in [-0.3, -0.25) is 4.72 Å². The first-order valence-electron chi connectivity index (χ1n) is 3.54. The van der Waals surface area contributed by atoms with Crippen molar-refractivity contribution in [2.75, 3.05) is 10.5 Å². The molecule has 0 saturated heterocycles. The molecule has 0 spiro atoms. The minimum Gasteiger partial charge on any atom is -0.276 e. The molecule has 0 saturated carbocycles. The number of anilines is 1. The van der Waals surface area contributed by atoms with E-state index in [1.807, 2.05) is 0 Å². The van der Waals surface area contributed by atoms with Gasteiger partial charge < -0.3 is 0 Å². The Bertz CT molecular complexity index is 428. The van der Waals surface area contributed by atoms with Crippen LogP contribution in [0.15, 0.2) is 11.4 Å². The topological polar surface area (TPSA) is 50.5 Å². The number of sulfonamides is 1. The molecule has 4 nitrogen and oxygen atoms in total. The lowest BCUT2D eigenvalue weighted by Crippen LogP contribution is -2.13. The molecule has 1 aromatic rings. The minimum absolute atomic E-state index is 0.0399. The lowest BCUT2D eigenvalue weighted by molar-refractivity contribution is 0.602. The molecule has 0 aliphatic heterocycles. The van der Waals surface area contributed by atoms with Crippen LogP contribution in [-0.2, 0) is 10.0 Å². The second kappa shape index (κ2) is 3.77. The van der Waals surface area contributed by atoms with Gasteiger partial charge in [0.2, 0.25) is 10.0 Å². The first-order valence-corrected chi connectivity index (χ1v) is 6.07. The summed E-state index contributed by atoms with van der Waals surface area (Å²) in [6, 6.07) is 1.52. The summed E-state index contributed by atoms with van der Waals surface area (Å²) in [5, 5.41) is 2.11. The van der Waals surface area contributed by atoms with Crippen molar-refractivity contribution in [2.45, 2.75) is 6.92 Å². The van der Waals surface area contributed by atoms with Gasteiger partial charge in [-0.25, -0.2) is 13.3 Å². The van der Waals surface area contributed by atoms with Gasteiger partial charge in [0.15, 0.2) is 5.69 Å². The summed E-state index contributed by atoms with van der Waals surface area (Å²) < 4.78 is 24.5. The van der Waals surface area contributed by atoms with E-state index in [9.17, 15) is 8.42 Å². The fraction of sp³-hybridized carbons (Fsp3) is 0.286. The normalized spacial score (nSPS) is 10.8. The van der Waals surface area contributed by atoms with Crippen LogP contribution in [0.25, 0.3) is 4.85 Å². The Hall–Kier alpha value is -1.06. The van der Waals surface area contributed by atoms with Gasteiger partial charge in [-0.1, -0.05) is 0 Å². The third kappa shape index (κ3) is 2.72. The Balaban J connectivity index is 2.83. The largest absolute Gasteiger partial charge is 0.276 e. The van der Waals surface area contributed by atoms with Gasteiger partial charge in [0.05, 0.1) is 17.3 Å². The zero-order chi connectivity index (χ0) is 9.90. The van der Waals surface area contributed by atoms with Crippen LogP contribution < -0.4 is 4.72 Å². The maximum atomic E-state index is 11.1. The molecule has 0 fully saturated rings. The average molecular weight is 216 g/mol. The third-order valence-electron chi connectivity index (χ3n) is 1.35. The van der Waals surface area contributed by atoms with Gasteiger partial charge in [-0.05, 0) is 18.4 Å². The van der Waals surface area contributed by atoms with Crippen LogP contribution >= 0.6 is 11.3 Å². The van der Waals surface area contributed by atoms with Gasteiger partial charge in [0.1, 0.15) is 0 Å². The number of hydrogen-bond donors (Lipinski definition) is 1. The van der Waals surface area contributed by atoms with Crippen molar-refractivity contribution < 1.29 is 8.42 Å². The van der Waals surface area contributed by atoms with Gasteiger partial charge in [-0.2, -0.15) is 0 Å². The summed E-state index contributed by atoms with van der Waals surface area (Å²) in [5.41, 5.74) is 0.457. The Labute approximate surface area is 81.1 Å². The zero-order valence-corrected chi connectivity index (χ0v) is 8.58. The molecule has 0 aromatic carbocycles. The fourth-order valence-electron chi connectivity index (χ4n) is 0.664. The van der Waals surface area contributed by atoms with Crippen molar-refractivity contribution >= 4 is 32.0 Å². The van der Waals surface area contributed by atoms with E-state index >= 15 is 0 Å². The zero-order valence-electron chi connectivity index (χ0n) is 6.94. The van der Waals surface area contributed by atoms with E-state index in [2.05, 4.69) is 9.57 Å². The summed E-state index contributed by atoms with van der Waals surface area (Å²) in [6.07, 6.45) is 0. The van der Waals surface area contributed by atoms with Gasteiger partial charge >= 0.3 is 0 Å². The molecule has 1 heterocycles.